The molecule has 6 nitrogen and oxygen atoms in total. The van der Waals surface area contributed by atoms with Crippen molar-refractivity contribution in [2.45, 2.75) is 5.16 Å². The number of hydrogen-bond donors (Lipinski definition) is 1. The van der Waals surface area contributed by atoms with E-state index in [0.717, 1.165) is 10.7 Å². The standard InChI is InChI=1S/C18H13Cl2N5OS2/c19-13-6-5-12(10-14(13)20)21-16(26)11-28-18-23-22-17(15-4-3-9-27-15)25(18)24-7-1-2-8-24/h1-10H,11H2,(H,21,26). The maximum atomic E-state index is 12.3. The number of rotatable bonds is 6. The van der Waals surface area contributed by atoms with Gasteiger partial charge in [-0.1, -0.05) is 41.0 Å². The number of hydrogen-bond acceptors (Lipinski definition) is 5. The second-order valence-electron chi connectivity index (χ2n) is 5.62. The van der Waals surface area contributed by atoms with Gasteiger partial charge in [0.15, 0.2) is 5.82 Å². The van der Waals surface area contributed by atoms with Gasteiger partial charge in [0.1, 0.15) is 0 Å². The number of anilines is 1. The van der Waals surface area contributed by atoms with Gasteiger partial charge in [0.2, 0.25) is 11.1 Å². The van der Waals surface area contributed by atoms with Crippen molar-refractivity contribution >= 4 is 57.9 Å². The van der Waals surface area contributed by atoms with E-state index in [1.54, 1.807) is 29.5 Å². The van der Waals surface area contributed by atoms with E-state index < -0.39 is 0 Å². The Labute approximate surface area is 179 Å². The summed E-state index contributed by atoms with van der Waals surface area (Å²) in [6, 6.07) is 12.7. The van der Waals surface area contributed by atoms with Gasteiger partial charge < -0.3 is 5.32 Å². The Kier molecular flexibility index (Phi) is 5.72. The monoisotopic (exact) mass is 449 g/mol. The molecule has 3 aromatic heterocycles. The van der Waals surface area contributed by atoms with Crippen LogP contribution in [0.3, 0.4) is 0 Å². The van der Waals surface area contributed by atoms with E-state index in [4.69, 9.17) is 23.2 Å². The topological polar surface area (TPSA) is 64.7 Å². The molecule has 0 aliphatic heterocycles. The maximum absolute atomic E-state index is 12.3. The first-order chi connectivity index (χ1) is 13.6. The summed E-state index contributed by atoms with van der Waals surface area (Å²) in [6.07, 6.45) is 3.81. The average Bonchev–Trinajstić information content (AvgIpc) is 3.43. The minimum Gasteiger partial charge on any atom is -0.325 e. The van der Waals surface area contributed by atoms with Gasteiger partial charge in [-0.2, -0.15) is 0 Å². The van der Waals surface area contributed by atoms with Crippen LogP contribution in [0.25, 0.3) is 10.7 Å². The molecule has 0 saturated carbocycles. The zero-order chi connectivity index (χ0) is 19.5. The predicted molar refractivity (Wildman–Crippen MR) is 114 cm³/mol. The van der Waals surface area contributed by atoms with E-state index in [1.807, 2.05) is 51.4 Å². The summed E-state index contributed by atoms with van der Waals surface area (Å²) in [5, 5.41) is 14.8. The minimum atomic E-state index is -0.178. The minimum absolute atomic E-state index is 0.171. The lowest BCUT2D eigenvalue weighted by molar-refractivity contribution is -0.113. The summed E-state index contributed by atoms with van der Waals surface area (Å²) in [7, 11) is 0. The molecule has 0 unspecified atom stereocenters. The molecule has 1 aromatic carbocycles. The van der Waals surface area contributed by atoms with Gasteiger partial charge in [0, 0.05) is 18.1 Å². The van der Waals surface area contributed by atoms with Crippen LogP contribution in [0.1, 0.15) is 0 Å². The highest BCUT2D eigenvalue weighted by Crippen LogP contribution is 2.28. The van der Waals surface area contributed by atoms with E-state index in [0.29, 0.717) is 20.9 Å². The normalized spacial score (nSPS) is 10.9. The van der Waals surface area contributed by atoms with Crippen molar-refractivity contribution in [3.8, 4) is 10.7 Å². The van der Waals surface area contributed by atoms with Gasteiger partial charge in [-0.25, -0.2) is 4.68 Å². The average molecular weight is 450 g/mol. The number of amides is 1. The fraction of sp³-hybridized carbons (Fsp3) is 0.0556. The lowest BCUT2D eigenvalue weighted by atomic mass is 10.3. The van der Waals surface area contributed by atoms with Crippen LogP contribution in [0.2, 0.25) is 10.0 Å². The second-order valence-corrected chi connectivity index (χ2v) is 8.33. The van der Waals surface area contributed by atoms with Crippen LogP contribution in [0.4, 0.5) is 5.69 Å². The number of halogens is 2. The molecule has 28 heavy (non-hydrogen) atoms. The van der Waals surface area contributed by atoms with Crippen LogP contribution in [-0.2, 0) is 4.79 Å². The fourth-order valence-electron chi connectivity index (χ4n) is 2.48. The highest BCUT2D eigenvalue weighted by atomic mass is 35.5. The third-order valence-electron chi connectivity index (χ3n) is 3.71. The molecule has 0 atom stereocenters. The van der Waals surface area contributed by atoms with E-state index in [-0.39, 0.29) is 11.7 Å². The van der Waals surface area contributed by atoms with Crippen molar-refractivity contribution in [2.24, 2.45) is 0 Å². The van der Waals surface area contributed by atoms with Gasteiger partial charge in [-0.15, -0.1) is 21.5 Å². The summed E-state index contributed by atoms with van der Waals surface area (Å²) in [4.78, 5) is 13.3. The lowest BCUT2D eigenvalue weighted by Gasteiger charge is -2.10. The molecule has 0 aliphatic rings. The molecule has 0 fully saturated rings. The summed E-state index contributed by atoms with van der Waals surface area (Å²) in [5.74, 6) is 0.714. The second kappa shape index (κ2) is 8.40. The van der Waals surface area contributed by atoms with E-state index in [9.17, 15) is 4.79 Å². The largest absolute Gasteiger partial charge is 0.325 e. The van der Waals surface area contributed by atoms with Crippen LogP contribution in [-0.4, -0.2) is 31.2 Å². The van der Waals surface area contributed by atoms with Gasteiger partial charge in [0.25, 0.3) is 0 Å². The highest BCUT2D eigenvalue weighted by Gasteiger charge is 2.17. The van der Waals surface area contributed by atoms with E-state index in [2.05, 4.69) is 15.5 Å². The molecule has 1 N–H and O–H groups in total. The zero-order valence-electron chi connectivity index (χ0n) is 14.3. The van der Waals surface area contributed by atoms with Crippen LogP contribution in [0, 0.1) is 0 Å². The molecule has 0 saturated heterocycles. The van der Waals surface area contributed by atoms with Crippen molar-refractivity contribution in [2.75, 3.05) is 11.1 Å². The molecule has 4 aromatic rings. The van der Waals surface area contributed by atoms with Gasteiger partial charge in [-0.3, -0.25) is 9.47 Å². The molecular formula is C18H13Cl2N5OS2. The number of carbonyl (C=O) groups excluding carboxylic acids is 1. The molecule has 0 bridgehead atoms. The van der Waals surface area contributed by atoms with Crippen LogP contribution >= 0.6 is 46.3 Å². The quantitative estimate of drug-likeness (QED) is 0.413. The molecule has 0 aliphatic carbocycles. The first kappa shape index (κ1) is 19.1. The van der Waals surface area contributed by atoms with Crippen LogP contribution < -0.4 is 5.32 Å². The summed E-state index contributed by atoms with van der Waals surface area (Å²) >= 11 is 14.8. The molecule has 0 spiro atoms. The first-order valence-corrected chi connectivity index (χ1v) is 10.7. The Balaban J connectivity index is 1.52. The number of carbonyl (C=O) groups is 1. The van der Waals surface area contributed by atoms with Crippen molar-refractivity contribution in [3.05, 3.63) is 70.3 Å². The third kappa shape index (κ3) is 4.10. The maximum Gasteiger partial charge on any atom is 0.234 e. The Morgan fingerprint density at radius 3 is 2.64 bits per heavy atom. The molecule has 142 valence electrons. The molecular weight excluding hydrogens is 437 g/mol. The third-order valence-corrected chi connectivity index (χ3v) is 6.23. The van der Waals surface area contributed by atoms with Gasteiger partial charge in [0.05, 0.1) is 20.7 Å². The number of aromatic nitrogens is 4. The summed E-state index contributed by atoms with van der Waals surface area (Å²) < 4.78 is 3.76. The molecule has 10 heteroatoms. The van der Waals surface area contributed by atoms with Gasteiger partial charge >= 0.3 is 0 Å². The molecule has 4 rings (SSSR count). The predicted octanol–water partition coefficient (Wildman–Crippen LogP) is 5.16. The fourth-order valence-corrected chi connectivity index (χ4v) is 4.21. The van der Waals surface area contributed by atoms with Crippen molar-refractivity contribution in [1.82, 2.24) is 19.5 Å². The number of thiophene rings is 1. The smallest absolute Gasteiger partial charge is 0.234 e. The Morgan fingerprint density at radius 2 is 1.93 bits per heavy atom. The number of nitrogens with one attached hydrogen (secondary N) is 1. The lowest BCUT2D eigenvalue weighted by Crippen LogP contribution is -2.15. The SMILES string of the molecule is O=C(CSc1nnc(-c2cccs2)n1-n1cccc1)Nc1ccc(Cl)c(Cl)c1. The van der Waals surface area contributed by atoms with Crippen molar-refractivity contribution < 1.29 is 4.79 Å². The first-order valence-electron chi connectivity index (χ1n) is 8.12. The van der Waals surface area contributed by atoms with E-state index >= 15 is 0 Å². The summed E-state index contributed by atoms with van der Waals surface area (Å²) in [5.41, 5.74) is 0.589. The van der Waals surface area contributed by atoms with Gasteiger partial charge in [-0.05, 0) is 41.8 Å². The molecule has 0 radical (unpaired) electrons. The van der Waals surface area contributed by atoms with Crippen LogP contribution in [0.5, 0.6) is 0 Å². The van der Waals surface area contributed by atoms with Crippen molar-refractivity contribution in [3.63, 3.8) is 0 Å². The highest BCUT2D eigenvalue weighted by molar-refractivity contribution is 7.99. The number of thioether (sulfide) groups is 1. The molecule has 1 amide bonds. The zero-order valence-corrected chi connectivity index (χ0v) is 17.4. The number of benzene rings is 1. The Morgan fingerprint density at radius 1 is 1.11 bits per heavy atom. The van der Waals surface area contributed by atoms with E-state index in [1.165, 1.54) is 11.8 Å². The molecule has 3 heterocycles. The Bertz CT molecular complexity index is 1090. The van der Waals surface area contributed by atoms with Crippen LogP contribution in [0.15, 0.2) is 65.4 Å². The Hall–Kier alpha value is -2.26. The van der Waals surface area contributed by atoms with Crippen molar-refractivity contribution in [1.29, 1.82) is 0 Å². The number of nitrogens with zero attached hydrogens (tertiary/aromatic N) is 4. The summed E-state index contributed by atoms with van der Waals surface area (Å²) in [6.45, 7) is 0.